The molecule has 0 spiro atoms. The van der Waals surface area contributed by atoms with Crippen molar-refractivity contribution in [1.82, 2.24) is 10.1 Å². The number of aryl methyl sites for hydroxylation is 1. The first-order chi connectivity index (χ1) is 9.16. The second-order valence-electron chi connectivity index (χ2n) is 5.02. The van der Waals surface area contributed by atoms with E-state index in [2.05, 4.69) is 10.1 Å². The van der Waals surface area contributed by atoms with Crippen molar-refractivity contribution in [3.05, 3.63) is 11.7 Å². The van der Waals surface area contributed by atoms with Crippen LogP contribution in [-0.4, -0.2) is 28.3 Å². The van der Waals surface area contributed by atoms with Gasteiger partial charge in [0, 0.05) is 20.0 Å². The Morgan fingerprint density at radius 1 is 1.42 bits per heavy atom. The molecular formula is C13H20N2O4. The third kappa shape index (κ3) is 3.32. The van der Waals surface area contributed by atoms with Gasteiger partial charge in [0.25, 0.3) is 0 Å². The summed E-state index contributed by atoms with van der Waals surface area (Å²) in [5.41, 5.74) is -0.372. The van der Waals surface area contributed by atoms with Crippen molar-refractivity contribution >= 4 is 5.97 Å². The summed E-state index contributed by atoms with van der Waals surface area (Å²) in [7, 11) is 1.69. The summed E-state index contributed by atoms with van der Waals surface area (Å²) in [6.07, 6.45) is 6.29. The van der Waals surface area contributed by atoms with Crippen molar-refractivity contribution in [1.29, 1.82) is 0 Å². The van der Waals surface area contributed by atoms with Crippen molar-refractivity contribution in [3.63, 3.8) is 0 Å². The average molecular weight is 268 g/mol. The van der Waals surface area contributed by atoms with Gasteiger partial charge in [-0.3, -0.25) is 4.79 Å². The highest BCUT2D eigenvalue weighted by Gasteiger charge is 2.40. The zero-order valence-electron chi connectivity index (χ0n) is 11.2. The van der Waals surface area contributed by atoms with Gasteiger partial charge >= 0.3 is 5.97 Å². The second-order valence-corrected chi connectivity index (χ2v) is 5.02. The van der Waals surface area contributed by atoms with E-state index in [1.165, 1.54) is 0 Å². The van der Waals surface area contributed by atoms with Crippen LogP contribution < -0.4 is 0 Å². The summed E-state index contributed by atoms with van der Waals surface area (Å²) in [5.74, 6) is 0.444. The fraction of sp³-hybridized carbons (Fsp3) is 0.769. The highest BCUT2D eigenvalue weighted by molar-refractivity contribution is 5.66. The number of rotatable bonds is 7. The van der Waals surface area contributed by atoms with Gasteiger partial charge in [-0.1, -0.05) is 5.16 Å². The number of hydrogen-bond donors (Lipinski definition) is 1. The first kappa shape index (κ1) is 14.0. The molecule has 0 saturated heterocycles. The van der Waals surface area contributed by atoms with Crippen LogP contribution in [0.25, 0.3) is 0 Å². The number of carbonyl (C=O) groups is 1. The monoisotopic (exact) mass is 268 g/mol. The van der Waals surface area contributed by atoms with Gasteiger partial charge < -0.3 is 14.4 Å². The molecule has 0 amide bonds. The first-order valence-electron chi connectivity index (χ1n) is 6.76. The van der Waals surface area contributed by atoms with E-state index in [1.807, 2.05) is 0 Å². The fourth-order valence-electron chi connectivity index (χ4n) is 2.56. The van der Waals surface area contributed by atoms with Gasteiger partial charge in [0.2, 0.25) is 11.7 Å². The van der Waals surface area contributed by atoms with Crippen LogP contribution in [0.15, 0.2) is 4.52 Å². The van der Waals surface area contributed by atoms with Crippen molar-refractivity contribution in [2.24, 2.45) is 0 Å². The summed E-state index contributed by atoms with van der Waals surface area (Å²) in [6.45, 7) is 0. The summed E-state index contributed by atoms with van der Waals surface area (Å²) >= 11 is 0. The lowest BCUT2D eigenvalue weighted by Gasteiger charge is -2.22. The van der Waals surface area contributed by atoms with Gasteiger partial charge in [0.05, 0.1) is 0 Å². The van der Waals surface area contributed by atoms with Crippen LogP contribution in [-0.2, 0) is 21.6 Å². The molecule has 0 bridgehead atoms. The van der Waals surface area contributed by atoms with E-state index in [0.717, 1.165) is 32.1 Å². The quantitative estimate of drug-likeness (QED) is 0.763. The van der Waals surface area contributed by atoms with E-state index in [4.69, 9.17) is 14.4 Å². The minimum Gasteiger partial charge on any atom is -0.481 e. The lowest BCUT2D eigenvalue weighted by molar-refractivity contribution is -0.137. The highest BCUT2D eigenvalue weighted by atomic mass is 16.5. The number of carboxylic acid groups (broad SMARTS) is 1. The molecule has 1 heterocycles. The van der Waals surface area contributed by atoms with Crippen LogP contribution in [0.2, 0.25) is 0 Å². The molecule has 0 aromatic carbocycles. The zero-order valence-corrected chi connectivity index (χ0v) is 11.2. The minimum absolute atomic E-state index is 0.184. The zero-order chi connectivity index (χ0) is 13.7. The topological polar surface area (TPSA) is 85.5 Å². The maximum absolute atomic E-state index is 10.4. The number of nitrogens with zero attached hydrogens (tertiary/aromatic N) is 2. The third-order valence-electron chi connectivity index (χ3n) is 3.71. The Kier molecular flexibility index (Phi) is 4.52. The highest BCUT2D eigenvalue weighted by Crippen LogP contribution is 2.40. The Bertz CT molecular complexity index is 424. The number of hydrogen-bond acceptors (Lipinski definition) is 5. The maximum atomic E-state index is 10.4. The molecule has 0 unspecified atom stereocenters. The molecule has 6 heteroatoms. The SMILES string of the molecule is COC1(c2noc(CCCCC(=O)O)n2)CCCC1. The predicted molar refractivity (Wildman–Crippen MR) is 66.6 cm³/mol. The van der Waals surface area contributed by atoms with E-state index in [-0.39, 0.29) is 12.0 Å². The molecule has 1 saturated carbocycles. The fourth-order valence-corrected chi connectivity index (χ4v) is 2.56. The largest absolute Gasteiger partial charge is 0.481 e. The molecular weight excluding hydrogens is 248 g/mol. The van der Waals surface area contributed by atoms with Gasteiger partial charge in [-0.2, -0.15) is 4.98 Å². The molecule has 19 heavy (non-hydrogen) atoms. The molecule has 1 N–H and O–H groups in total. The summed E-state index contributed by atoms with van der Waals surface area (Å²) in [4.78, 5) is 14.8. The Morgan fingerprint density at radius 2 is 2.16 bits per heavy atom. The molecule has 106 valence electrons. The smallest absolute Gasteiger partial charge is 0.303 e. The number of methoxy groups -OCH3 is 1. The van der Waals surface area contributed by atoms with Gasteiger partial charge in [-0.25, -0.2) is 0 Å². The number of carboxylic acids is 1. The van der Waals surface area contributed by atoms with E-state index in [1.54, 1.807) is 7.11 Å². The Balaban J connectivity index is 1.89. The molecule has 1 aliphatic rings. The molecule has 0 radical (unpaired) electrons. The normalized spacial score (nSPS) is 17.7. The van der Waals surface area contributed by atoms with Crippen LogP contribution in [0.1, 0.15) is 56.7 Å². The molecule has 2 rings (SSSR count). The number of aromatic nitrogens is 2. The Hall–Kier alpha value is -1.43. The Morgan fingerprint density at radius 3 is 2.79 bits per heavy atom. The van der Waals surface area contributed by atoms with Crippen LogP contribution in [0.4, 0.5) is 0 Å². The van der Waals surface area contributed by atoms with Crippen LogP contribution in [0, 0.1) is 0 Å². The van der Waals surface area contributed by atoms with Gasteiger partial charge in [-0.15, -0.1) is 0 Å². The molecule has 1 aromatic heterocycles. The molecule has 0 atom stereocenters. The summed E-state index contributed by atoms with van der Waals surface area (Å²) in [6, 6.07) is 0. The number of ether oxygens (including phenoxy) is 1. The molecule has 1 aliphatic carbocycles. The summed E-state index contributed by atoms with van der Waals surface area (Å²) in [5, 5.41) is 12.6. The third-order valence-corrected chi connectivity index (χ3v) is 3.71. The number of unbranched alkanes of at least 4 members (excludes halogenated alkanes) is 1. The first-order valence-corrected chi connectivity index (χ1v) is 6.76. The van der Waals surface area contributed by atoms with E-state index < -0.39 is 5.97 Å². The van der Waals surface area contributed by atoms with Crippen LogP contribution >= 0.6 is 0 Å². The number of aliphatic carboxylic acids is 1. The van der Waals surface area contributed by atoms with Gasteiger partial charge in [0.1, 0.15) is 5.60 Å². The van der Waals surface area contributed by atoms with Gasteiger partial charge in [-0.05, 0) is 38.5 Å². The molecule has 0 aliphatic heterocycles. The predicted octanol–water partition coefficient (Wildman–Crippen LogP) is 2.28. The van der Waals surface area contributed by atoms with E-state index in [9.17, 15) is 4.79 Å². The molecule has 1 fully saturated rings. The minimum atomic E-state index is -0.768. The molecule has 1 aromatic rings. The van der Waals surface area contributed by atoms with Crippen LogP contribution in [0.3, 0.4) is 0 Å². The van der Waals surface area contributed by atoms with E-state index >= 15 is 0 Å². The van der Waals surface area contributed by atoms with E-state index in [0.29, 0.717) is 24.6 Å². The standard InChI is InChI=1S/C13H20N2O4/c1-18-13(8-4-5-9-13)12-14-10(19-15-12)6-2-3-7-11(16)17/h2-9H2,1H3,(H,16,17). The van der Waals surface area contributed by atoms with Crippen molar-refractivity contribution in [2.75, 3.05) is 7.11 Å². The lowest BCUT2D eigenvalue weighted by atomic mass is 10.0. The van der Waals surface area contributed by atoms with Crippen molar-refractivity contribution in [3.8, 4) is 0 Å². The van der Waals surface area contributed by atoms with Crippen LogP contribution in [0.5, 0.6) is 0 Å². The van der Waals surface area contributed by atoms with Crippen molar-refractivity contribution in [2.45, 2.75) is 57.0 Å². The van der Waals surface area contributed by atoms with Crippen molar-refractivity contribution < 1.29 is 19.2 Å². The second kappa shape index (κ2) is 6.14. The van der Waals surface area contributed by atoms with Gasteiger partial charge in [0.15, 0.2) is 0 Å². The lowest BCUT2D eigenvalue weighted by Crippen LogP contribution is -2.26. The average Bonchev–Trinajstić information content (AvgIpc) is 3.04. The summed E-state index contributed by atoms with van der Waals surface area (Å²) < 4.78 is 10.8. The maximum Gasteiger partial charge on any atom is 0.303 e. The Labute approximate surface area is 112 Å². The molecule has 6 nitrogen and oxygen atoms in total.